The number of nitrogens with zero attached hydrogens (tertiary/aromatic N) is 3. The third kappa shape index (κ3) is 6.10. The third-order valence-corrected chi connectivity index (χ3v) is 8.79. The minimum absolute atomic E-state index is 0.0405. The largest absolute Gasteiger partial charge is 0.480 e. The highest BCUT2D eigenvalue weighted by molar-refractivity contribution is 5.99. The number of carboxylic acids is 1. The van der Waals surface area contributed by atoms with E-state index in [1.807, 2.05) is 71.6 Å². The fourth-order valence-electron chi connectivity index (χ4n) is 6.36. The van der Waals surface area contributed by atoms with Crippen LogP contribution in [-0.2, 0) is 16.1 Å². The molecule has 4 amide bonds. The lowest BCUT2D eigenvalue weighted by molar-refractivity contribution is -0.140. The molecule has 1 spiro atoms. The van der Waals surface area contributed by atoms with Gasteiger partial charge in [-0.2, -0.15) is 0 Å². The third-order valence-electron chi connectivity index (χ3n) is 8.79. The number of likely N-dealkylation sites (tertiary alicyclic amines) is 1. The predicted octanol–water partition coefficient (Wildman–Crippen LogP) is 3.93. The van der Waals surface area contributed by atoms with Crippen LogP contribution in [0.1, 0.15) is 46.8 Å². The number of aliphatic carboxylic acids is 1. The number of urea groups is 1. The lowest BCUT2D eigenvalue weighted by Gasteiger charge is -2.43. The number of hydrogen-bond acceptors (Lipinski definition) is 5. The van der Waals surface area contributed by atoms with Crippen LogP contribution in [0.25, 0.3) is 0 Å². The molecule has 44 heavy (non-hydrogen) atoms. The Hall–Kier alpha value is -4.86. The van der Waals surface area contributed by atoms with Crippen LogP contribution in [0.15, 0.2) is 78.9 Å². The Morgan fingerprint density at radius 3 is 2.05 bits per heavy atom. The number of rotatable bonds is 8. The molecule has 0 aromatic heterocycles. The van der Waals surface area contributed by atoms with E-state index in [0.717, 1.165) is 22.4 Å². The first-order chi connectivity index (χ1) is 21.1. The molecule has 0 radical (unpaired) electrons. The van der Waals surface area contributed by atoms with Crippen molar-refractivity contribution in [2.45, 2.75) is 57.8 Å². The maximum absolute atomic E-state index is 14.0. The number of carboxylic acid groups (broad SMARTS) is 1. The van der Waals surface area contributed by atoms with Gasteiger partial charge in [0.05, 0.1) is 12.7 Å². The molecule has 3 aromatic rings. The summed E-state index contributed by atoms with van der Waals surface area (Å²) in [5.74, 6) is -1.71. The molecule has 2 aliphatic heterocycles. The maximum Gasteiger partial charge on any atom is 0.328 e. The topological polar surface area (TPSA) is 122 Å². The highest BCUT2D eigenvalue weighted by Gasteiger charge is 2.54. The molecule has 2 unspecified atom stereocenters. The Bertz CT molecular complexity index is 1500. The summed E-state index contributed by atoms with van der Waals surface area (Å²) < 4.78 is 0. The Balaban J connectivity index is 1.26. The van der Waals surface area contributed by atoms with Crippen LogP contribution in [0.2, 0.25) is 0 Å². The Labute approximate surface area is 257 Å². The van der Waals surface area contributed by atoms with Crippen LogP contribution in [0.3, 0.4) is 0 Å². The number of piperidine rings is 1. The van der Waals surface area contributed by atoms with Crippen molar-refractivity contribution < 1.29 is 24.3 Å². The molecule has 3 aromatic carbocycles. The Kier molecular flexibility index (Phi) is 8.89. The number of benzene rings is 3. The van der Waals surface area contributed by atoms with Gasteiger partial charge in [-0.3, -0.25) is 9.59 Å². The molecule has 0 aliphatic carbocycles. The van der Waals surface area contributed by atoms with Gasteiger partial charge in [-0.05, 0) is 62.4 Å². The molecule has 10 heteroatoms. The monoisotopic (exact) mass is 597 g/mol. The van der Waals surface area contributed by atoms with Crippen LogP contribution < -0.4 is 15.5 Å². The van der Waals surface area contributed by atoms with Crippen molar-refractivity contribution in [3.05, 3.63) is 101 Å². The molecule has 0 bridgehead atoms. The first kappa shape index (κ1) is 30.6. The van der Waals surface area contributed by atoms with Crippen LogP contribution in [0.5, 0.6) is 0 Å². The standard InChI is InChI=1S/C34H39N5O5/c1-23-11-10-12-24(2)28(23)30(40)36-29(31(41)42)25(3)35-33(44)37-19-17-34(18-20-37)32(43)38(21-26-13-6-4-7-14-26)22-39(34)27-15-8-5-9-16-27/h4-16,25,29H,17-22H2,1-3H3,(H,35,44)(H,36,40)(H,41,42). The highest BCUT2D eigenvalue weighted by Crippen LogP contribution is 2.40. The number of amides is 4. The highest BCUT2D eigenvalue weighted by atomic mass is 16.4. The van der Waals surface area contributed by atoms with Gasteiger partial charge in [0.2, 0.25) is 5.91 Å². The molecule has 2 heterocycles. The zero-order chi connectivity index (χ0) is 31.4. The van der Waals surface area contributed by atoms with E-state index in [1.54, 1.807) is 37.8 Å². The van der Waals surface area contributed by atoms with Crippen molar-refractivity contribution in [1.82, 2.24) is 20.4 Å². The first-order valence-electron chi connectivity index (χ1n) is 14.9. The molecular formula is C34H39N5O5. The van der Waals surface area contributed by atoms with Gasteiger partial charge in [0.25, 0.3) is 5.91 Å². The van der Waals surface area contributed by atoms with E-state index in [9.17, 15) is 24.3 Å². The first-order valence-corrected chi connectivity index (χ1v) is 14.9. The second kappa shape index (κ2) is 12.8. The summed E-state index contributed by atoms with van der Waals surface area (Å²) in [4.78, 5) is 58.2. The van der Waals surface area contributed by atoms with E-state index in [0.29, 0.717) is 44.7 Å². The molecule has 2 fully saturated rings. The molecule has 230 valence electrons. The van der Waals surface area contributed by atoms with Gasteiger partial charge in [0, 0.05) is 30.9 Å². The van der Waals surface area contributed by atoms with Crippen molar-refractivity contribution in [3.8, 4) is 0 Å². The second-order valence-electron chi connectivity index (χ2n) is 11.7. The number of hydrogen-bond donors (Lipinski definition) is 3. The molecule has 2 saturated heterocycles. The summed E-state index contributed by atoms with van der Waals surface area (Å²) in [5, 5.41) is 15.3. The second-order valence-corrected chi connectivity index (χ2v) is 11.7. The van der Waals surface area contributed by atoms with E-state index in [2.05, 4.69) is 15.5 Å². The molecule has 5 rings (SSSR count). The molecule has 0 saturated carbocycles. The summed E-state index contributed by atoms with van der Waals surface area (Å²) in [6.45, 7) is 6.73. The van der Waals surface area contributed by atoms with Gasteiger partial charge in [-0.15, -0.1) is 0 Å². The zero-order valence-electron chi connectivity index (χ0n) is 25.3. The van der Waals surface area contributed by atoms with E-state index in [1.165, 1.54) is 0 Å². The number of carbonyl (C=O) groups excluding carboxylic acids is 3. The molecule has 3 N–H and O–H groups in total. The van der Waals surface area contributed by atoms with E-state index in [4.69, 9.17) is 0 Å². The van der Waals surface area contributed by atoms with Gasteiger partial charge in [0.15, 0.2) is 0 Å². The number of carbonyl (C=O) groups is 4. The van der Waals surface area contributed by atoms with Crippen molar-refractivity contribution in [1.29, 1.82) is 0 Å². The molecule has 2 atom stereocenters. The Morgan fingerprint density at radius 2 is 1.45 bits per heavy atom. The van der Waals surface area contributed by atoms with Gasteiger partial charge in [-0.25, -0.2) is 9.59 Å². The van der Waals surface area contributed by atoms with Crippen molar-refractivity contribution >= 4 is 29.5 Å². The van der Waals surface area contributed by atoms with E-state index < -0.39 is 35.5 Å². The summed E-state index contributed by atoms with van der Waals surface area (Å²) in [7, 11) is 0. The van der Waals surface area contributed by atoms with Gasteiger partial charge < -0.3 is 30.4 Å². The van der Waals surface area contributed by atoms with Crippen LogP contribution >= 0.6 is 0 Å². The van der Waals surface area contributed by atoms with E-state index >= 15 is 0 Å². The summed E-state index contributed by atoms with van der Waals surface area (Å²) in [6, 6.07) is 22.5. The molecule has 10 nitrogen and oxygen atoms in total. The zero-order valence-corrected chi connectivity index (χ0v) is 25.3. The number of anilines is 1. The van der Waals surface area contributed by atoms with Gasteiger partial charge in [0.1, 0.15) is 11.6 Å². The lowest BCUT2D eigenvalue weighted by Crippen LogP contribution is -2.61. The molecular weight excluding hydrogens is 558 g/mol. The summed E-state index contributed by atoms with van der Waals surface area (Å²) >= 11 is 0. The van der Waals surface area contributed by atoms with E-state index in [-0.39, 0.29) is 5.91 Å². The quantitative estimate of drug-likeness (QED) is 0.362. The average Bonchev–Trinajstić information content (AvgIpc) is 3.27. The fourth-order valence-corrected chi connectivity index (χ4v) is 6.36. The number of para-hydroxylation sites is 1. The van der Waals surface area contributed by atoms with Crippen molar-refractivity contribution in [2.24, 2.45) is 0 Å². The number of nitrogens with one attached hydrogen (secondary N) is 2. The SMILES string of the molecule is Cc1cccc(C)c1C(=O)NC(C(=O)O)C(C)NC(=O)N1CCC2(CC1)C(=O)N(Cc1ccccc1)CN2c1ccccc1. The van der Waals surface area contributed by atoms with Crippen LogP contribution in [0, 0.1) is 13.8 Å². The minimum Gasteiger partial charge on any atom is -0.480 e. The van der Waals surface area contributed by atoms with Crippen molar-refractivity contribution in [2.75, 3.05) is 24.7 Å². The predicted molar refractivity (Wildman–Crippen MR) is 167 cm³/mol. The minimum atomic E-state index is -1.34. The Morgan fingerprint density at radius 1 is 0.864 bits per heavy atom. The van der Waals surface area contributed by atoms with Crippen LogP contribution in [0.4, 0.5) is 10.5 Å². The molecule has 2 aliphatic rings. The fraction of sp³-hybridized carbons (Fsp3) is 0.353. The number of aryl methyl sites for hydroxylation is 2. The van der Waals surface area contributed by atoms with Gasteiger partial charge in [-0.1, -0.05) is 66.7 Å². The summed E-state index contributed by atoms with van der Waals surface area (Å²) in [6.07, 6.45) is 0.860. The average molecular weight is 598 g/mol. The normalized spacial score (nSPS) is 17.3. The smallest absolute Gasteiger partial charge is 0.328 e. The van der Waals surface area contributed by atoms with Crippen LogP contribution in [-0.4, -0.2) is 76.1 Å². The van der Waals surface area contributed by atoms with Gasteiger partial charge >= 0.3 is 12.0 Å². The lowest BCUT2D eigenvalue weighted by atomic mass is 9.85. The summed E-state index contributed by atoms with van der Waals surface area (Å²) in [5.41, 5.74) is 3.10. The maximum atomic E-state index is 14.0. The van der Waals surface area contributed by atoms with Crippen molar-refractivity contribution in [3.63, 3.8) is 0 Å².